The number of benzene rings is 2. The minimum Gasteiger partial charge on any atom is -0.480 e. The van der Waals surface area contributed by atoms with E-state index in [0.717, 1.165) is 22.4 Å². The maximum absolute atomic E-state index is 13.0. The van der Waals surface area contributed by atoms with Gasteiger partial charge in [0.25, 0.3) is 5.91 Å². The summed E-state index contributed by atoms with van der Waals surface area (Å²) in [6, 6.07) is 11.7. The number of ether oxygens (including phenoxy) is 1. The summed E-state index contributed by atoms with van der Waals surface area (Å²) in [5, 5.41) is 2.93. The van der Waals surface area contributed by atoms with Gasteiger partial charge in [0.05, 0.1) is 6.04 Å². The van der Waals surface area contributed by atoms with Crippen LogP contribution in [0.5, 0.6) is 5.75 Å². The van der Waals surface area contributed by atoms with E-state index >= 15 is 0 Å². The number of carbonyl (C=O) groups is 1. The van der Waals surface area contributed by atoms with Gasteiger partial charge in [0.2, 0.25) is 0 Å². The van der Waals surface area contributed by atoms with E-state index in [2.05, 4.69) is 5.32 Å². The summed E-state index contributed by atoms with van der Waals surface area (Å²) in [5.41, 5.74) is 3.02. The number of hydrogen-bond donors (Lipinski definition) is 1. The summed E-state index contributed by atoms with van der Waals surface area (Å²) < 4.78 is 18.9. The lowest BCUT2D eigenvalue weighted by Gasteiger charge is -2.22. The van der Waals surface area contributed by atoms with Crippen molar-refractivity contribution < 1.29 is 13.9 Å². The van der Waals surface area contributed by atoms with Crippen LogP contribution in [0, 0.1) is 19.7 Å². The Hall–Kier alpha value is -2.36. The van der Waals surface area contributed by atoms with Crippen LogP contribution in [0.1, 0.15) is 43.0 Å². The van der Waals surface area contributed by atoms with Gasteiger partial charge in [-0.25, -0.2) is 4.39 Å². The van der Waals surface area contributed by atoms with Crippen molar-refractivity contribution in [2.75, 3.05) is 0 Å². The van der Waals surface area contributed by atoms with Gasteiger partial charge in [0, 0.05) is 0 Å². The zero-order valence-corrected chi connectivity index (χ0v) is 14.6. The number of amides is 1. The second-order valence-electron chi connectivity index (χ2n) is 5.99. The first-order valence-corrected chi connectivity index (χ1v) is 8.21. The monoisotopic (exact) mass is 329 g/mol. The highest BCUT2D eigenvalue weighted by Gasteiger charge is 2.21. The van der Waals surface area contributed by atoms with Gasteiger partial charge >= 0.3 is 0 Å². The zero-order chi connectivity index (χ0) is 17.7. The molecule has 0 aliphatic carbocycles. The van der Waals surface area contributed by atoms with E-state index in [1.807, 2.05) is 45.9 Å². The predicted molar refractivity (Wildman–Crippen MR) is 93.6 cm³/mol. The summed E-state index contributed by atoms with van der Waals surface area (Å²) in [4.78, 5) is 12.5. The van der Waals surface area contributed by atoms with Crippen LogP contribution >= 0.6 is 0 Å². The molecule has 2 atom stereocenters. The first-order valence-electron chi connectivity index (χ1n) is 8.21. The number of hydrogen-bond acceptors (Lipinski definition) is 2. The topological polar surface area (TPSA) is 38.3 Å². The van der Waals surface area contributed by atoms with Crippen LogP contribution in [-0.2, 0) is 4.79 Å². The number of carbonyl (C=O) groups excluding carboxylic acids is 1. The standard InChI is InChI=1S/C20H24FNO2/c1-5-18(24-19-8-6-7-13(2)14(19)3)20(23)22-15(4)16-9-11-17(21)12-10-16/h6-12,15,18H,5H2,1-4H3,(H,22,23). The molecule has 2 rings (SSSR count). The molecule has 0 fully saturated rings. The molecule has 1 N–H and O–H groups in total. The van der Waals surface area contributed by atoms with Crippen molar-refractivity contribution in [3.05, 3.63) is 65.0 Å². The molecule has 2 aromatic rings. The quantitative estimate of drug-likeness (QED) is 0.849. The molecule has 1 amide bonds. The molecule has 0 spiro atoms. The Bertz CT molecular complexity index is 697. The SMILES string of the molecule is CCC(Oc1cccc(C)c1C)C(=O)NC(C)c1ccc(F)cc1. The van der Waals surface area contributed by atoms with Gasteiger partial charge in [-0.2, -0.15) is 0 Å². The molecule has 2 unspecified atom stereocenters. The van der Waals surface area contributed by atoms with Gasteiger partial charge < -0.3 is 10.1 Å². The normalized spacial score (nSPS) is 13.2. The predicted octanol–water partition coefficient (Wildman–Crippen LogP) is 4.48. The van der Waals surface area contributed by atoms with E-state index in [1.54, 1.807) is 12.1 Å². The molecule has 3 nitrogen and oxygen atoms in total. The number of aryl methyl sites for hydroxylation is 1. The van der Waals surface area contributed by atoms with Crippen molar-refractivity contribution >= 4 is 5.91 Å². The lowest BCUT2D eigenvalue weighted by Crippen LogP contribution is -2.39. The molecule has 0 saturated carbocycles. The van der Waals surface area contributed by atoms with Crippen LogP contribution in [0.15, 0.2) is 42.5 Å². The third-order valence-electron chi connectivity index (χ3n) is 4.22. The fourth-order valence-electron chi connectivity index (χ4n) is 2.47. The second kappa shape index (κ2) is 7.95. The minimum atomic E-state index is -0.562. The Morgan fingerprint density at radius 2 is 1.83 bits per heavy atom. The fraction of sp³-hybridized carbons (Fsp3) is 0.350. The fourth-order valence-corrected chi connectivity index (χ4v) is 2.47. The van der Waals surface area contributed by atoms with Crippen molar-refractivity contribution in [1.29, 1.82) is 0 Å². The molecule has 0 bridgehead atoms. The van der Waals surface area contributed by atoms with E-state index < -0.39 is 6.10 Å². The van der Waals surface area contributed by atoms with Crippen molar-refractivity contribution in [2.45, 2.75) is 46.3 Å². The van der Waals surface area contributed by atoms with E-state index in [1.165, 1.54) is 12.1 Å². The van der Waals surface area contributed by atoms with E-state index in [-0.39, 0.29) is 17.8 Å². The molecule has 24 heavy (non-hydrogen) atoms. The third-order valence-corrected chi connectivity index (χ3v) is 4.22. The van der Waals surface area contributed by atoms with Crippen molar-refractivity contribution in [2.24, 2.45) is 0 Å². The molecule has 128 valence electrons. The molecule has 0 aliphatic rings. The molecule has 0 heterocycles. The average Bonchev–Trinajstić information content (AvgIpc) is 2.56. The summed E-state index contributed by atoms with van der Waals surface area (Å²) in [6.07, 6.45) is 0.00317. The van der Waals surface area contributed by atoms with Crippen LogP contribution in [0.2, 0.25) is 0 Å². The van der Waals surface area contributed by atoms with Crippen molar-refractivity contribution in [3.63, 3.8) is 0 Å². The third kappa shape index (κ3) is 4.34. The van der Waals surface area contributed by atoms with E-state index in [0.29, 0.717) is 6.42 Å². The van der Waals surface area contributed by atoms with Crippen LogP contribution in [-0.4, -0.2) is 12.0 Å². The summed E-state index contributed by atoms with van der Waals surface area (Å²) in [6.45, 7) is 7.78. The Kier molecular flexibility index (Phi) is 5.96. The number of rotatable bonds is 6. The van der Waals surface area contributed by atoms with Crippen molar-refractivity contribution in [1.82, 2.24) is 5.32 Å². The van der Waals surface area contributed by atoms with E-state index in [9.17, 15) is 9.18 Å². The highest BCUT2D eigenvalue weighted by Crippen LogP contribution is 2.23. The van der Waals surface area contributed by atoms with Crippen LogP contribution in [0.25, 0.3) is 0 Å². The zero-order valence-electron chi connectivity index (χ0n) is 14.6. The van der Waals surface area contributed by atoms with Crippen LogP contribution in [0.3, 0.4) is 0 Å². The molecule has 2 aromatic carbocycles. The van der Waals surface area contributed by atoms with Crippen molar-refractivity contribution in [3.8, 4) is 5.75 Å². The molecule has 4 heteroatoms. The summed E-state index contributed by atoms with van der Waals surface area (Å²) in [5.74, 6) is 0.267. The Labute approximate surface area is 142 Å². The van der Waals surface area contributed by atoms with Crippen LogP contribution < -0.4 is 10.1 Å². The first kappa shape index (κ1) is 18.0. The molecular formula is C20H24FNO2. The second-order valence-corrected chi connectivity index (χ2v) is 5.99. The lowest BCUT2D eigenvalue weighted by atomic mass is 10.1. The van der Waals surface area contributed by atoms with Gasteiger partial charge in [-0.1, -0.05) is 31.2 Å². The highest BCUT2D eigenvalue weighted by molar-refractivity contribution is 5.81. The summed E-state index contributed by atoms with van der Waals surface area (Å²) >= 11 is 0. The van der Waals surface area contributed by atoms with Crippen LogP contribution in [0.4, 0.5) is 4.39 Å². The molecule has 0 radical (unpaired) electrons. The number of halogens is 1. The number of nitrogens with one attached hydrogen (secondary N) is 1. The van der Waals surface area contributed by atoms with Gasteiger partial charge in [0.15, 0.2) is 6.10 Å². The largest absolute Gasteiger partial charge is 0.480 e. The molecule has 0 aliphatic heterocycles. The van der Waals surface area contributed by atoms with Gasteiger partial charge in [-0.05, 0) is 62.1 Å². The van der Waals surface area contributed by atoms with E-state index in [4.69, 9.17) is 4.74 Å². The Balaban J connectivity index is 2.05. The minimum absolute atomic E-state index is 0.171. The maximum Gasteiger partial charge on any atom is 0.261 e. The van der Waals surface area contributed by atoms with Gasteiger partial charge in [-0.15, -0.1) is 0 Å². The Morgan fingerprint density at radius 1 is 1.17 bits per heavy atom. The Morgan fingerprint density at radius 3 is 2.46 bits per heavy atom. The molecule has 0 aromatic heterocycles. The smallest absolute Gasteiger partial charge is 0.261 e. The van der Waals surface area contributed by atoms with Gasteiger partial charge in [-0.3, -0.25) is 4.79 Å². The summed E-state index contributed by atoms with van der Waals surface area (Å²) in [7, 11) is 0. The molecule has 0 saturated heterocycles. The first-order chi connectivity index (χ1) is 11.4. The molecular weight excluding hydrogens is 305 g/mol. The maximum atomic E-state index is 13.0. The highest BCUT2D eigenvalue weighted by atomic mass is 19.1. The lowest BCUT2D eigenvalue weighted by molar-refractivity contribution is -0.128. The van der Waals surface area contributed by atoms with Gasteiger partial charge in [0.1, 0.15) is 11.6 Å². The average molecular weight is 329 g/mol.